The van der Waals surface area contributed by atoms with Crippen molar-refractivity contribution < 1.29 is 82.0 Å². The van der Waals surface area contributed by atoms with Gasteiger partial charge in [0.1, 0.15) is 0 Å². The smallest absolute Gasteiger partial charge is 0.748 e. The molecule has 5 nitrogen and oxygen atoms in total. The summed E-state index contributed by atoms with van der Waals surface area (Å²) in [5, 5.41) is 10.1. The second-order valence-corrected chi connectivity index (χ2v) is 4.10. The van der Waals surface area contributed by atoms with Crippen LogP contribution in [0.4, 0.5) is 0 Å². The zero-order valence-electron chi connectivity index (χ0n) is 9.15. The van der Waals surface area contributed by atoms with Gasteiger partial charge in [0, 0.05) is 5.75 Å². The van der Waals surface area contributed by atoms with E-state index in [0.717, 1.165) is 0 Å². The van der Waals surface area contributed by atoms with Crippen LogP contribution in [0.1, 0.15) is 19.8 Å². The van der Waals surface area contributed by atoms with E-state index in [1.54, 1.807) is 0 Å². The van der Waals surface area contributed by atoms with Crippen LogP contribution in [0.2, 0.25) is 0 Å². The molecule has 0 radical (unpaired) electrons. The molecule has 0 amide bonds. The van der Waals surface area contributed by atoms with E-state index in [1.165, 1.54) is 13.0 Å². The molecule has 0 saturated carbocycles. The Morgan fingerprint density at radius 3 is 2.13 bits per heavy atom. The largest absolute Gasteiger partial charge is 1.00 e. The summed E-state index contributed by atoms with van der Waals surface area (Å²) in [5.74, 6) is -1.76. The number of carboxylic acid groups (broad SMARTS) is 1. The Morgan fingerprint density at radius 2 is 1.80 bits per heavy atom. The van der Waals surface area contributed by atoms with E-state index in [9.17, 15) is 22.9 Å². The van der Waals surface area contributed by atoms with Crippen LogP contribution in [0.15, 0.2) is 11.6 Å². The van der Waals surface area contributed by atoms with Crippen LogP contribution in [0.5, 0.6) is 0 Å². The van der Waals surface area contributed by atoms with Crippen molar-refractivity contribution in [3.63, 3.8) is 0 Å². The molecule has 15 heavy (non-hydrogen) atoms. The molecule has 0 aliphatic rings. The van der Waals surface area contributed by atoms with Crippen LogP contribution in [0, 0.1) is 0 Å². The molecule has 76 valence electrons. The summed E-state index contributed by atoms with van der Waals surface area (Å²) in [5.41, 5.74) is 0.0447. The molecule has 0 heterocycles. The molecule has 0 spiro atoms. The number of aliphatic carboxylic acids is 1. The van der Waals surface area contributed by atoms with Crippen LogP contribution in [0.25, 0.3) is 0 Å². The first-order valence-corrected chi connectivity index (χ1v) is 5.22. The molecule has 0 rings (SSSR count). The maximum Gasteiger partial charge on any atom is 1.00 e. The maximum absolute atomic E-state index is 10.1. The zero-order valence-corrected chi connectivity index (χ0v) is 14.0. The average Bonchev–Trinajstić information content (AvgIpc) is 1.95. The van der Waals surface area contributed by atoms with Gasteiger partial charge in [-0.25, -0.2) is 8.42 Å². The monoisotopic (exact) mass is 252 g/mol. The van der Waals surface area contributed by atoms with E-state index >= 15 is 0 Å². The van der Waals surface area contributed by atoms with Crippen LogP contribution in [0.3, 0.4) is 0 Å². The van der Waals surface area contributed by atoms with Gasteiger partial charge >= 0.3 is 59.1 Å². The Kier molecular flexibility index (Phi) is 14.7. The standard InChI is InChI=1S/C7H12O5S.2Na/c1-6(7(8)9)4-2-3-5-13(10,11)12;;/h4H,2-3,5H2,1H3,(H,8,9)(H,10,11,12);;/q;2*+1/p-2. The Bertz CT molecular complexity index is 309. The molecule has 0 atom stereocenters. The van der Waals surface area contributed by atoms with E-state index in [4.69, 9.17) is 0 Å². The molecule has 0 bridgehead atoms. The number of carbonyl (C=O) groups excluding carboxylic acids is 1. The topological polar surface area (TPSA) is 97.3 Å². The molecule has 0 saturated heterocycles. The van der Waals surface area contributed by atoms with E-state index in [-0.39, 0.29) is 77.5 Å². The van der Waals surface area contributed by atoms with Gasteiger partial charge in [-0.05, 0) is 25.3 Å². The molecule has 0 aliphatic heterocycles. The van der Waals surface area contributed by atoms with Crippen LogP contribution in [-0.2, 0) is 14.9 Å². The van der Waals surface area contributed by atoms with Crippen LogP contribution < -0.4 is 64.2 Å². The molecule has 0 aromatic carbocycles. The Balaban J connectivity index is -0.000000720. The van der Waals surface area contributed by atoms with Gasteiger partial charge < -0.3 is 14.5 Å². The molecule has 0 aromatic rings. The number of hydrogen-bond acceptors (Lipinski definition) is 5. The quantitative estimate of drug-likeness (QED) is 0.210. The summed E-state index contributed by atoms with van der Waals surface area (Å²) in [4.78, 5) is 10.1. The number of rotatable bonds is 5. The predicted octanol–water partition coefficient (Wildman–Crippen LogP) is -6.98. The fourth-order valence-corrected chi connectivity index (χ4v) is 1.18. The van der Waals surface area contributed by atoms with Crippen molar-refractivity contribution in [1.82, 2.24) is 0 Å². The summed E-state index contributed by atoms with van der Waals surface area (Å²) in [6.45, 7) is 1.35. The van der Waals surface area contributed by atoms with E-state index in [1.807, 2.05) is 0 Å². The van der Waals surface area contributed by atoms with Gasteiger partial charge in [0.25, 0.3) is 0 Å². The predicted molar refractivity (Wildman–Crippen MR) is 42.6 cm³/mol. The van der Waals surface area contributed by atoms with Gasteiger partial charge in [-0.3, -0.25) is 0 Å². The van der Waals surface area contributed by atoms with Crippen molar-refractivity contribution in [2.75, 3.05) is 5.75 Å². The third-order valence-electron chi connectivity index (χ3n) is 1.37. The average molecular weight is 252 g/mol. The van der Waals surface area contributed by atoms with E-state index < -0.39 is 21.8 Å². The second kappa shape index (κ2) is 10.3. The third kappa shape index (κ3) is 15.1. The summed E-state index contributed by atoms with van der Waals surface area (Å²) in [6, 6.07) is 0. The molecule has 0 fully saturated rings. The molecule has 0 N–H and O–H groups in total. The number of allylic oxidation sites excluding steroid dienone is 1. The van der Waals surface area contributed by atoms with Gasteiger partial charge in [0.05, 0.1) is 16.1 Å². The fourth-order valence-electron chi connectivity index (χ4n) is 0.662. The minimum Gasteiger partial charge on any atom is -0.748 e. The number of carbonyl (C=O) groups is 1. The summed E-state index contributed by atoms with van der Waals surface area (Å²) < 4.78 is 30.3. The van der Waals surface area contributed by atoms with E-state index in [0.29, 0.717) is 0 Å². The summed E-state index contributed by atoms with van der Waals surface area (Å²) in [6.07, 6.45) is 1.72. The normalized spacial score (nSPS) is 11.2. The minimum absolute atomic E-state index is 0. The Morgan fingerprint density at radius 1 is 1.33 bits per heavy atom. The molecular formula is C7H10Na2O5S. The molecule has 0 aliphatic carbocycles. The van der Waals surface area contributed by atoms with Crippen molar-refractivity contribution in [2.45, 2.75) is 19.8 Å². The van der Waals surface area contributed by atoms with Gasteiger partial charge in [-0.1, -0.05) is 6.08 Å². The molecular weight excluding hydrogens is 242 g/mol. The van der Waals surface area contributed by atoms with Crippen molar-refractivity contribution >= 4 is 16.1 Å². The van der Waals surface area contributed by atoms with Gasteiger partial charge in [0.15, 0.2) is 0 Å². The van der Waals surface area contributed by atoms with Crippen molar-refractivity contribution in [1.29, 1.82) is 0 Å². The molecule has 8 heteroatoms. The number of hydrogen-bond donors (Lipinski definition) is 0. The third-order valence-corrected chi connectivity index (χ3v) is 2.16. The Labute approximate surface area is 134 Å². The fraction of sp³-hybridized carbons (Fsp3) is 0.571. The minimum atomic E-state index is -4.18. The van der Waals surface area contributed by atoms with Crippen molar-refractivity contribution in [2.24, 2.45) is 0 Å². The van der Waals surface area contributed by atoms with Crippen molar-refractivity contribution in [3.05, 3.63) is 11.6 Å². The van der Waals surface area contributed by atoms with Crippen LogP contribution >= 0.6 is 0 Å². The van der Waals surface area contributed by atoms with Gasteiger partial charge in [-0.2, -0.15) is 0 Å². The first-order valence-electron chi connectivity index (χ1n) is 3.64. The SMILES string of the molecule is CC(=CCCCS(=O)(=O)[O-])C(=O)[O-].[Na+].[Na+]. The first kappa shape index (κ1) is 21.4. The number of carboxylic acids is 1. The second-order valence-electron chi connectivity index (χ2n) is 2.58. The number of unbranched alkanes of at least 4 members (excludes halogenated alkanes) is 1. The Hall–Kier alpha value is 1.12. The zero-order chi connectivity index (χ0) is 10.5. The first-order chi connectivity index (χ1) is 5.83. The van der Waals surface area contributed by atoms with E-state index in [2.05, 4.69) is 0 Å². The molecule has 0 unspecified atom stereocenters. The van der Waals surface area contributed by atoms with Gasteiger partial charge in [-0.15, -0.1) is 0 Å². The van der Waals surface area contributed by atoms with Crippen LogP contribution in [-0.4, -0.2) is 24.7 Å². The summed E-state index contributed by atoms with van der Waals surface area (Å²) in [7, 11) is -4.18. The molecule has 0 aromatic heterocycles. The van der Waals surface area contributed by atoms with Crippen molar-refractivity contribution in [3.8, 4) is 0 Å². The summed E-state index contributed by atoms with van der Waals surface area (Å²) >= 11 is 0. The van der Waals surface area contributed by atoms with Gasteiger partial charge in [0.2, 0.25) is 0 Å². The maximum atomic E-state index is 10.1.